The molecule has 0 aromatic carbocycles. The van der Waals surface area contributed by atoms with E-state index in [2.05, 4.69) is 33.8 Å². The minimum atomic E-state index is -0.310. The molecule has 1 aromatic rings. The summed E-state index contributed by atoms with van der Waals surface area (Å²) in [5, 5.41) is 9.92. The second-order valence-electron chi connectivity index (χ2n) is 5.68. The summed E-state index contributed by atoms with van der Waals surface area (Å²) >= 11 is 5.12. The molecule has 21 heavy (non-hydrogen) atoms. The zero-order chi connectivity index (χ0) is 15.4. The van der Waals surface area contributed by atoms with Crippen LogP contribution in [0.3, 0.4) is 0 Å². The normalized spacial score (nSPS) is 23.2. The van der Waals surface area contributed by atoms with Crippen LogP contribution in [0, 0.1) is 5.92 Å². The lowest BCUT2D eigenvalue weighted by molar-refractivity contribution is -0.133. The molecule has 0 spiro atoms. The predicted octanol–water partition coefficient (Wildman–Crippen LogP) is 2.56. The average molecular weight is 375 g/mol. The maximum absolute atomic E-state index is 12.4. The third kappa shape index (κ3) is 4.77. The number of nitrogens with zero attached hydrogens (tertiary/aromatic N) is 2. The Hall–Kier alpha value is -0.430. The molecule has 1 amide bonds. The lowest BCUT2D eigenvalue weighted by Crippen LogP contribution is -2.47. The molecule has 2 rings (SSSR count). The molecule has 1 aliphatic heterocycles. The molecule has 4 nitrogen and oxygen atoms in total. The van der Waals surface area contributed by atoms with Crippen LogP contribution in [0.15, 0.2) is 15.9 Å². The number of thiophene rings is 1. The molecule has 2 atom stereocenters. The third-order valence-electron chi connectivity index (χ3n) is 4.07. The van der Waals surface area contributed by atoms with Gasteiger partial charge in [-0.15, -0.1) is 11.3 Å². The van der Waals surface area contributed by atoms with Crippen LogP contribution >= 0.6 is 27.3 Å². The van der Waals surface area contributed by atoms with Crippen molar-refractivity contribution in [2.75, 3.05) is 26.2 Å². The summed E-state index contributed by atoms with van der Waals surface area (Å²) in [6.07, 6.45) is 0.646. The van der Waals surface area contributed by atoms with E-state index in [1.807, 2.05) is 17.9 Å². The highest BCUT2D eigenvalue weighted by Gasteiger charge is 2.26. The second kappa shape index (κ2) is 7.72. The number of piperidine rings is 1. The molecule has 118 valence electrons. The van der Waals surface area contributed by atoms with Gasteiger partial charge in [-0.3, -0.25) is 9.69 Å². The Morgan fingerprint density at radius 2 is 2.33 bits per heavy atom. The van der Waals surface area contributed by atoms with Crippen molar-refractivity contribution in [2.24, 2.45) is 5.92 Å². The zero-order valence-corrected chi connectivity index (χ0v) is 15.0. The monoisotopic (exact) mass is 374 g/mol. The van der Waals surface area contributed by atoms with Gasteiger partial charge in [-0.25, -0.2) is 0 Å². The highest BCUT2D eigenvalue weighted by Crippen LogP contribution is 2.23. The first-order valence-corrected chi connectivity index (χ1v) is 9.03. The van der Waals surface area contributed by atoms with Crippen molar-refractivity contribution in [2.45, 2.75) is 32.9 Å². The Kier molecular flexibility index (Phi) is 6.22. The highest BCUT2D eigenvalue weighted by atomic mass is 79.9. The Bertz CT molecular complexity index is 480. The van der Waals surface area contributed by atoms with Crippen molar-refractivity contribution < 1.29 is 9.90 Å². The average Bonchev–Trinajstić information content (AvgIpc) is 2.85. The first-order chi connectivity index (χ1) is 9.99. The van der Waals surface area contributed by atoms with Gasteiger partial charge in [0.2, 0.25) is 5.91 Å². The van der Waals surface area contributed by atoms with Crippen LogP contribution < -0.4 is 0 Å². The maximum Gasteiger partial charge on any atom is 0.237 e. The van der Waals surface area contributed by atoms with Crippen molar-refractivity contribution in [3.63, 3.8) is 0 Å². The Morgan fingerprint density at radius 3 is 2.90 bits per heavy atom. The number of likely N-dealkylation sites (tertiary alicyclic amines) is 1. The lowest BCUT2D eigenvalue weighted by atomic mass is 9.96. The Morgan fingerprint density at radius 1 is 1.57 bits per heavy atom. The molecule has 1 saturated heterocycles. The van der Waals surface area contributed by atoms with Crippen molar-refractivity contribution in [1.82, 2.24) is 9.80 Å². The van der Waals surface area contributed by atoms with E-state index < -0.39 is 0 Å². The summed E-state index contributed by atoms with van der Waals surface area (Å²) in [5.41, 5.74) is 0. The van der Waals surface area contributed by atoms with Gasteiger partial charge in [0.05, 0.1) is 23.0 Å². The minimum Gasteiger partial charge on any atom is -0.392 e. The second-order valence-corrected chi connectivity index (χ2v) is 8.23. The van der Waals surface area contributed by atoms with Crippen molar-refractivity contribution in [3.8, 4) is 0 Å². The molecule has 1 aliphatic rings. The van der Waals surface area contributed by atoms with Gasteiger partial charge in [-0.2, -0.15) is 0 Å². The third-order valence-corrected chi connectivity index (χ3v) is 5.68. The van der Waals surface area contributed by atoms with Crippen LogP contribution in [0.25, 0.3) is 0 Å². The SMILES string of the molecule is CCN(Cc1ccc(Br)s1)C(=O)CN1CCC(C)C(O)C1. The van der Waals surface area contributed by atoms with E-state index in [0.29, 0.717) is 32.1 Å². The number of rotatable bonds is 5. The topological polar surface area (TPSA) is 43.8 Å². The molecule has 2 heterocycles. The van der Waals surface area contributed by atoms with Crippen LogP contribution in [0.5, 0.6) is 0 Å². The fourth-order valence-corrected chi connectivity index (χ4v) is 4.05. The zero-order valence-electron chi connectivity index (χ0n) is 12.6. The molecule has 0 saturated carbocycles. The van der Waals surface area contributed by atoms with E-state index in [9.17, 15) is 9.90 Å². The number of amides is 1. The van der Waals surface area contributed by atoms with Gasteiger partial charge in [0.1, 0.15) is 0 Å². The molecule has 0 bridgehead atoms. The summed E-state index contributed by atoms with van der Waals surface area (Å²) in [4.78, 5) is 17.6. The van der Waals surface area contributed by atoms with E-state index in [-0.39, 0.29) is 12.0 Å². The highest BCUT2D eigenvalue weighted by molar-refractivity contribution is 9.11. The first-order valence-electron chi connectivity index (χ1n) is 7.42. The van der Waals surface area contributed by atoms with Gasteiger partial charge < -0.3 is 10.0 Å². The van der Waals surface area contributed by atoms with E-state index in [0.717, 1.165) is 16.8 Å². The molecular weight excluding hydrogens is 352 g/mol. The van der Waals surface area contributed by atoms with E-state index >= 15 is 0 Å². The number of hydrogen-bond donors (Lipinski definition) is 1. The summed E-state index contributed by atoms with van der Waals surface area (Å²) in [6.45, 7) is 7.36. The van der Waals surface area contributed by atoms with Crippen LogP contribution in [-0.4, -0.2) is 53.1 Å². The minimum absolute atomic E-state index is 0.142. The van der Waals surface area contributed by atoms with Gasteiger partial charge in [-0.1, -0.05) is 6.92 Å². The van der Waals surface area contributed by atoms with Gasteiger partial charge in [-0.05, 0) is 53.9 Å². The predicted molar refractivity (Wildman–Crippen MR) is 89.3 cm³/mol. The van der Waals surface area contributed by atoms with Crippen LogP contribution in [0.2, 0.25) is 0 Å². The number of likely N-dealkylation sites (N-methyl/N-ethyl adjacent to an activating group) is 1. The molecule has 0 aliphatic carbocycles. The quantitative estimate of drug-likeness (QED) is 0.860. The maximum atomic E-state index is 12.4. The summed E-state index contributed by atoms with van der Waals surface area (Å²) in [5.74, 6) is 0.478. The number of carbonyl (C=O) groups excluding carboxylic acids is 1. The Labute approximate surface area is 138 Å². The molecule has 6 heteroatoms. The van der Waals surface area contributed by atoms with Gasteiger partial charge in [0.15, 0.2) is 0 Å². The number of aliphatic hydroxyl groups is 1. The fraction of sp³-hybridized carbons (Fsp3) is 0.667. The van der Waals surface area contributed by atoms with Crippen molar-refractivity contribution in [3.05, 3.63) is 20.8 Å². The fourth-order valence-electron chi connectivity index (χ4n) is 2.55. The van der Waals surface area contributed by atoms with Crippen LogP contribution in [0.4, 0.5) is 0 Å². The number of aliphatic hydroxyl groups excluding tert-OH is 1. The van der Waals surface area contributed by atoms with Crippen molar-refractivity contribution >= 4 is 33.2 Å². The summed E-state index contributed by atoms with van der Waals surface area (Å²) in [7, 11) is 0. The number of β-amino-alcohol motifs (C(OH)–C–C–N with tert-alkyl or cyclic N) is 1. The standard InChI is InChI=1S/C15H23BrN2O2S/c1-3-18(8-12-4-5-14(16)21-12)15(20)10-17-7-6-11(2)13(19)9-17/h4-5,11,13,19H,3,6-10H2,1-2H3. The van der Waals surface area contributed by atoms with Gasteiger partial charge in [0.25, 0.3) is 0 Å². The molecule has 2 unspecified atom stereocenters. The van der Waals surface area contributed by atoms with E-state index in [1.54, 1.807) is 11.3 Å². The number of hydrogen-bond acceptors (Lipinski definition) is 4. The molecular formula is C15H23BrN2O2S. The smallest absolute Gasteiger partial charge is 0.237 e. The van der Waals surface area contributed by atoms with Crippen LogP contribution in [-0.2, 0) is 11.3 Å². The Balaban J connectivity index is 1.88. The molecule has 0 radical (unpaired) electrons. The molecule has 1 aromatic heterocycles. The number of carbonyl (C=O) groups is 1. The van der Waals surface area contributed by atoms with E-state index in [1.165, 1.54) is 4.88 Å². The van der Waals surface area contributed by atoms with E-state index in [4.69, 9.17) is 0 Å². The summed E-state index contributed by atoms with van der Waals surface area (Å²) in [6, 6.07) is 4.07. The number of halogens is 1. The first kappa shape index (κ1) is 16.9. The summed E-state index contributed by atoms with van der Waals surface area (Å²) < 4.78 is 1.09. The molecule has 1 N–H and O–H groups in total. The van der Waals surface area contributed by atoms with Crippen molar-refractivity contribution in [1.29, 1.82) is 0 Å². The largest absolute Gasteiger partial charge is 0.392 e. The molecule has 1 fully saturated rings. The van der Waals surface area contributed by atoms with Gasteiger partial charge in [0, 0.05) is 18.0 Å². The lowest BCUT2D eigenvalue weighted by Gasteiger charge is -2.34. The van der Waals surface area contributed by atoms with Crippen LogP contribution in [0.1, 0.15) is 25.1 Å². The van der Waals surface area contributed by atoms with Gasteiger partial charge >= 0.3 is 0 Å².